The molecule has 4 heteroatoms. The van der Waals surface area contributed by atoms with Crippen molar-refractivity contribution in [3.05, 3.63) is 24.3 Å². The fourth-order valence-corrected chi connectivity index (χ4v) is 1.64. The number of benzene rings is 1. The maximum atomic E-state index is 5.59. The van der Waals surface area contributed by atoms with E-state index in [1.54, 1.807) is 0 Å². The van der Waals surface area contributed by atoms with Crippen molar-refractivity contribution in [3.63, 3.8) is 0 Å². The van der Waals surface area contributed by atoms with Gasteiger partial charge in [-0.1, -0.05) is 12.1 Å². The Morgan fingerprint density at radius 2 is 2.12 bits per heavy atom. The molecule has 0 saturated carbocycles. The molecule has 16 heavy (non-hydrogen) atoms. The standard InChI is InChI=1S/C12H17N3O/c1-12(2,7-8-13)15-11-14-9-5-3-4-6-10(9)16-11/h3-6H,7-8,13H2,1-2H3,(H,14,15). The van der Waals surface area contributed by atoms with Crippen molar-refractivity contribution in [1.82, 2.24) is 4.98 Å². The third-order valence-corrected chi connectivity index (χ3v) is 2.51. The second-order valence-electron chi connectivity index (χ2n) is 4.53. The van der Waals surface area contributed by atoms with Crippen LogP contribution in [0.3, 0.4) is 0 Å². The molecule has 2 aromatic rings. The number of hydrogen-bond acceptors (Lipinski definition) is 4. The van der Waals surface area contributed by atoms with E-state index in [4.69, 9.17) is 10.2 Å². The molecule has 2 rings (SSSR count). The molecule has 0 spiro atoms. The summed E-state index contributed by atoms with van der Waals surface area (Å²) >= 11 is 0. The van der Waals surface area contributed by atoms with Gasteiger partial charge in [0.05, 0.1) is 0 Å². The maximum absolute atomic E-state index is 5.59. The lowest BCUT2D eigenvalue weighted by Gasteiger charge is -2.24. The number of para-hydroxylation sites is 2. The minimum Gasteiger partial charge on any atom is -0.424 e. The van der Waals surface area contributed by atoms with Crippen LogP contribution in [0.15, 0.2) is 28.7 Å². The molecule has 1 aromatic heterocycles. The molecule has 0 amide bonds. The van der Waals surface area contributed by atoms with Gasteiger partial charge in [0.1, 0.15) is 5.52 Å². The molecular formula is C12H17N3O. The van der Waals surface area contributed by atoms with Crippen LogP contribution in [0.4, 0.5) is 6.01 Å². The number of oxazole rings is 1. The molecule has 0 aliphatic rings. The topological polar surface area (TPSA) is 64.1 Å². The van der Waals surface area contributed by atoms with Crippen LogP contribution < -0.4 is 11.1 Å². The summed E-state index contributed by atoms with van der Waals surface area (Å²) in [6, 6.07) is 8.27. The highest BCUT2D eigenvalue weighted by Crippen LogP contribution is 2.22. The Kier molecular flexibility index (Phi) is 2.83. The molecule has 0 unspecified atom stereocenters. The molecule has 0 radical (unpaired) electrons. The van der Waals surface area contributed by atoms with E-state index in [0.717, 1.165) is 17.5 Å². The van der Waals surface area contributed by atoms with Gasteiger partial charge in [-0.05, 0) is 38.9 Å². The molecule has 4 nitrogen and oxygen atoms in total. The summed E-state index contributed by atoms with van der Waals surface area (Å²) in [5.41, 5.74) is 7.12. The van der Waals surface area contributed by atoms with Crippen molar-refractivity contribution in [3.8, 4) is 0 Å². The smallest absolute Gasteiger partial charge is 0.296 e. The molecule has 0 saturated heterocycles. The first-order chi connectivity index (χ1) is 7.61. The van der Waals surface area contributed by atoms with Crippen LogP contribution in [0.2, 0.25) is 0 Å². The predicted octanol–water partition coefficient (Wildman–Crippen LogP) is 2.37. The van der Waals surface area contributed by atoms with Crippen LogP contribution in [-0.4, -0.2) is 17.1 Å². The highest BCUT2D eigenvalue weighted by atomic mass is 16.4. The summed E-state index contributed by atoms with van der Waals surface area (Å²) in [5.74, 6) is 0. The van der Waals surface area contributed by atoms with E-state index in [9.17, 15) is 0 Å². The van der Waals surface area contributed by atoms with Gasteiger partial charge in [-0.25, -0.2) is 0 Å². The Morgan fingerprint density at radius 3 is 2.81 bits per heavy atom. The van der Waals surface area contributed by atoms with Crippen molar-refractivity contribution >= 4 is 17.1 Å². The Morgan fingerprint density at radius 1 is 1.38 bits per heavy atom. The number of aromatic nitrogens is 1. The lowest BCUT2D eigenvalue weighted by Crippen LogP contribution is -2.33. The van der Waals surface area contributed by atoms with Gasteiger partial charge in [-0.2, -0.15) is 4.98 Å². The lowest BCUT2D eigenvalue weighted by atomic mass is 10.0. The minimum atomic E-state index is -0.102. The number of anilines is 1. The normalized spacial score (nSPS) is 11.9. The molecule has 0 bridgehead atoms. The fourth-order valence-electron chi connectivity index (χ4n) is 1.64. The number of hydrogen-bond donors (Lipinski definition) is 2. The third kappa shape index (κ3) is 2.33. The van der Waals surface area contributed by atoms with Crippen LogP contribution in [0, 0.1) is 0 Å². The molecule has 0 fully saturated rings. The van der Waals surface area contributed by atoms with E-state index in [2.05, 4.69) is 24.1 Å². The SMILES string of the molecule is CC(C)(CCN)Nc1nc2ccccc2o1. The van der Waals surface area contributed by atoms with Gasteiger partial charge in [0.25, 0.3) is 6.01 Å². The third-order valence-electron chi connectivity index (χ3n) is 2.51. The van der Waals surface area contributed by atoms with Crippen LogP contribution in [0.1, 0.15) is 20.3 Å². The van der Waals surface area contributed by atoms with Gasteiger partial charge in [-0.15, -0.1) is 0 Å². The first-order valence-electron chi connectivity index (χ1n) is 5.44. The monoisotopic (exact) mass is 219 g/mol. The van der Waals surface area contributed by atoms with E-state index in [1.165, 1.54) is 0 Å². The average molecular weight is 219 g/mol. The maximum Gasteiger partial charge on any atom is 0.296 e. The predicted molar refractivity (Wildman–Crippen MR) is 65.4 cm³/mol. The lowest BCUT2D eigenvalue weighted by molar-refractivity contribution is 0.494. The van der Waals surface area contributed by atoms with E-state index < -0.39 is 0 Å². The Labute approximate surface area is 94.8 Å². The van der Waals surface area contributed by atoms with Gasteiger partial charge in [0.2, 0.25) is 0 Å². The fraction of sp³-hybridized carbons (Fsp3) is 0.417. The molecular weight excluding hydrogens is 202 g/mol. The Balaban J connectivity index is 2.21. The van der Waals surface area contributed by atoms with Crippen molar-refractivity contribution in [2.75, 3.05) is 11.9 Å². The first-order valence-corrected chi connectivity index (χ1v) is 5.44. The Bertz CT molecular complexity index is 443. The number of rotatable bonds is 4. The van der Waals surface area contributed by atoms with Gasteiger partial charge in [0.15, 0.2) is 5.58 Å². The molecule has 1 aromatic carbocycles. The molecule has 0 aliphatic carbocycles. The summed E-state index contributed by atoms with van der Waals surface area (Å²) in [4.78, 5) is 4.36. The highest BCUT2D eigenvalue weighted by molar-refractivity contribution is 5.74. The largest absolute Gasteiger partial charge is 0.424 e. The molecule has 86 valence electrons. The van der Waals surface area contributed by atoms with Crippen molar-refractivity contribution in [2.45, 2.75) is 25.8 Å². The van der Waals surface area contributed by atoms with E-state index in [0.29, 0.717) is 12.6 Å². The van der Waals surface area contributed by atoms with E-state index >= 15 is 0 Å². The number of nitrogens with two attached hydrogens (primary N) is 1. The second-order valence-corrected chi connectivity index (χ2v) is 4.53. The summed E-state index contributed by atoms with van der Waals surface area (Å²) in [6.45, 7) is 4.80. The zero-order chi connectivity index (χ0) is 11.6. The van der Waals surface area contributed by atoms with Gasteiger partial charge < -0.3 is 15.5 Å². The van der Waals surface area contributed by atoms with Crippen molar-refractivity contribution in [1.29, 1.82) is 0 Å². The van der Waals surface area contributed by atoms with Crippen LogP contribution in [0.25, 0.3) is 11.1 Å². The van der Waals surface area contributed by atoms with Crippen LogP contribution >= 0.6 is 0 Å². The molecule has 1 heterocycles. The summed E-state index contributed by atoms with van der Waals surface area (Å²) in [5, 5.41) is 3.25. The molecule has 0 atom stereocenters. The zero-order valence-electron chi connectivity index (χ0n) is 9.66. The number of nitrogens with one attached hydrogen (secondary N) is 1. The van der Waals surface area contributed by atoms with E-state index in [1.807, 2.05) is 24.3 Å². The van der Waals surface area contributed by atoms with Crippen molar-refractivity contribution < 1.29 is 4.42 Å². The zero-order valence-corrected chi connectivity index (χ0v) is 9.66. The summed E-state index contributed by atoms with van der Waals surface area (Å²) in [6.07, 6.45) is 0.867. The Hall–Kier alpha value is -1.55. The van der Waals surface area contributed by atoms with Crippen molar-refractivity contribution in [2.24, 2.45) is 5.73 Å². The molecule has 3 N–H and O–H groups in total. The minimum absolute atomic E-state index is 0.102. The quantitative estimate of drug-likeness (QED) is 0.828. The molecule has 0 aliphatic heterocycles. The van der Waals surface area contributed by atoms with Crippen LogP contribution in [-0.2, 0) is 0 Å². The average Bonchev–Trinajstić information content (AvgIpc) is 2.58. The van der Waals surface area contributed by atoms with Crippen LogP contribution in [0.5, 0.6) is 0 Å². The van der Waals surface area contributed by atoms with Gasteiger partial charge in [0, 0.05) is 5.54 Å². The highest BCUT2D eigenvalue weighted by Gasteiger charge is 2.18. The van der Waals surface area contributed by atoms with Gasteiger partial charge >= 0.3 is 0 Å². The summed E-state index contributed by atoms with van der Waals surface area (Å²) < 4.78 is 5.59. The first kappa shape index (κ1) is 11.0. The second kappa shape index (κ2) is 4.14. The summed E-state index contributed by atoms with van der Waals surface area (Å²) in [7, 11) is 0. The number of fused-ring (bicyclic) bond motifs is 1. The number of nitrogens with zero attached hydrogens (tertiary/aromatic N) is 1. The van der Waals surface area contributed by atoms with Gasteiger partial charge in [-0.3, -0.25) is 0 Å². The van der Waals surface area contributed by atoms with E-state index in [-0.39, 0.29) is 5.54 Å².